The average molecular weight is 242 g/mol. The van der Waals surface area contributed by atoms with Gasteiger partial charge in [0.05, 0.1) is 0 Å². The van der Waals surface area contributed by atoms with E-state index >= 15 is 0 Å². The molecule has 0 saturated heterocycles. The van der Waals surface area contributed by atoms with Crippen LogP contribution >= 0.6 is 0 Å². The summed E-state index contributed by atoms with van der Waals surface area (Å²) in [6.07, 6.45) is 1.70. The Balaban J connectivity index is 2.44. The maximum absolute atomic E-state index is 11.8. The summed E-state index contributed by atoms with van der Waals surface area (Å²) in [5.41, 5.74) is 8.16. The van der Waals surface area contributed by atoms with Crippen molar-refractivity contribution in [3.8, 4) is 5.69 Å². The summed E-state index contributed by atoms with van der Waals surface area (Å²) in [5.74, 6) is 0. The molecular formula is C15H18N2O. The maximum atomic E-state index is 11.8. The molecule has 18 heavy (non-hydrogen) atoms. The van der Waals surface area contributed by atoms with Crippen molar-refractivity contribution in [1.29, 1.82) is 0 Å². The molecule has 2 N–H and O–H groups in total. The maximum Gasteiger partial charge on any atom is 0.257 e. The first-order valence-corrected chi connectivity index (χ1v) is 5.97. The largest absolute Gasteiger partial charge is 0.399 e. The number of benzene rings is 1. The van der Waals surface area contributed by atoms with Crippen LogP contribution in [0.2, 0.25) is 0 Å². The van der Waals surface area contributed by atoms with Crippen LogP contribution in [-0.4, -0.2) is 4.57 Å². The molecule has 3 nitrogen and oxygen atoms in total. The number of hydrogen-bond acceptors (Lipinski definition) is 2. The standard InChI is InChI=1S/C15H18N2O/c1-15(2,3)11-4-6-13(7-5-11)17-9-8-12(16)10-14(17)18/h4-10H,16H2,1-3H3. The molecule has 2 aromatic rings. The van der Waals surface area contributed by atoms with E-state index in [-0.39, 0.29) is 11.0 Å². The van der Waals surface area contributed by atoms with Crippen molar-refractivity contribution in [2.45, 2.75) is 26.2 Å². The Morgan fingerprint density at radius 3 is 2.17 bits per heavy atom. The Kier molecular flexibility index (Phi) is 2.99. The molecule has 1 aromatic carbocycles. The third-order valence-corrected chi connectivity index (χ3v) is 2.96. The molecule has 1 heterocycles. The lowest BCUT2D eigenvalue weighted by Crippen LogP contribution is -2.17. The molecule has 0 unspecified atom stereocenters. The number of rotatable bonds is 1. The first kappa shape index (κ1) is 12.4. The molecule has 0 amide bonds. The highest BCUT2D eigenvalue weighted by Gasteiger charge is 2.13. The van der Waals surface area contributed by atoms with Crippen LogP contribution in [0.5, 0.6) is 0 Å². The van der Waals surface area contributed by atoms with Gasteiger partial charge in [0, 0.05) is 23.6 Å². The highest BCUT2D eigenvalue weighted by Crippen LogP contribution is 2.22. The first-order valence-electron chi connectivity index (χ1n) is 5.97. The van der Waals surface area contributed by atoms with Crippen molar-refractivity contribution in [2.75, 3.05) is 5.73 Å². The lowest BCUT2D eigenvalue weighted by Gasteiger charge is -2.19. The molecule has 0 aliphatic heterocycles. The lowest BCUT2D eigenvalue weighted by molar-refractivity contribution is 0.590. The van der Waals surface area contributed by atoms with E-state index in [9.17, 15) is 4.79 Å². The molecule has 3 heteroatoms. The minimum Gasteiger partial charge on any atom is -0.399 e. The van der Waals surface area contributed by atoms with Gasteiger partial charge in [0.2, 0.25) is 0 Å². The molecule has 94 valence electrons. The van der Waals surface area contributed by atoms with Gasteiger partial charge in [0.25, 0.3) is 5.56 Å². The van der Waals surface area contributed by atoms with Crippen LogP contribution < -0.4 is 11.3 Å². The van der Waals surface area contributed by atoms with Crippen LogP contribution in [0.1, 0.15) is 26.3 Å². The molecule has 0 spiro atoms. The highest BCUT2D eigenvalue weighted by atomic mass is 16.1. The Morgan fingerprint density at radius 2 is 1.67 bits per heavy atom. The van der Waals surface area contributed by atoms with Crippen LogP contribution in [0.4, 0.5) is 5.69 Å². The number of nitrogens with two attached hydrogens (primary N) is 1. The molecule has 0 saturated carbocycles. The van der Waals surface area contributed by atoms with Crippen molar-refractivity contribution in [3.63, 3.8) is 0 Å². The summed E-state index contributed by atoms with van der Waals surface area (Å²) in [4.78, 5) is 11.8. The SMILES string of the molecule is CC(C)(C)c1ccc(-n2ccc(N)cc2=O)cc1. The normalized spacial score (nSPS) is 11.5. The van der Waals surface area contributed by atoms with Gasteiger partial charge in [-0.15, -0.1) is 0 Å². The van der Waals surface area contributed by atoms with Gasteiger partial charge in [-0.2, -0.15) is 0 Å². The number of anilines is 1. The van der Waals surface area contributed by atoms with Crippen molar-refractivity contribution in [3.05, 3.63) is 58.5 Å². The van der Waals surface area contributed by atoms with Gasteiger partial charge in [-0.1, -0.05) is 32.9 Å². The number of nitrogen functional groups attached to an aromatic ring is 1. The van der Waals surface area contributed by atoms with E-state index in [2.05, 4.69) is 32.9 Å². The van der Waals surface area contributed by atoms with Gasteiger partial charge in [-0.3, -0.25) is 9.36 Å². The summed E-state index contributed by atoms with van der Waals surface area (Å²) < 4.78 is 1.59. The monoisotopic (exact) mass is 242 g/mol. The van der Waals surface area contributed by atoms with Crippen molar-refractivity contribution < 1.29 is 0 Å². The Hall–Kier alpha value is -2.03. The van der Waals surface area contributed by atoms with Crippen molar-refractivity contribution in [2.24, 2.45) is 0 Å². The van der Waals surface area contributed by atoms with Gasteiger partial charge in [0.15, 0.2) is 0 Å². The van der Waals surface area contributed by atoms with Gasteiger partial charge < -0.3 is 5.73 Å². The summed E-state index contributed by atoms with van der Waals surface area (Å²) in [6.45, 7) is 6.49. The van der Waals surface area contributed by atoms with Gasteiger partial charge >= 0.3 is 0 Å². The topological polar surface area (TPSA) is 48.0 Å². The fourth-order valence-electron chi connectivity index (χ4n) is 1.83. The molecule has 0 aliphatic carbocycles. The molecule has 0 radical (unpaired) electrons. The molecule has 0 bridgehead atoms. The number of hydrogen-bond donors (Lipinski definition) is 1. The van der Waals surface area contributed by atoms with E-state index in [0.717, 1.165) is 5.69 Å². The van der Waals surface area contributed by atoms with Crippen LogP contribution in [0.15, 0.2) is 47.4 Å². The van der Waals surface area contributed by atoms with E-state index in [1.165, 1.54) is 11.6 Å². The Labute approximate surface area is 107 Å². The number of nitrogens with zero attached hydrogens (tertiary/aromatic N) is 1. The molecular weight excluding hydrogens is 224 g/mol. The van der Waals surface area contributed by atoms with E-state index in [1.54, 1.807) is 16.8 Å². The zero-order chi connectivity index (χ0) is 13.3. The predicted molar refractivity (Wildman–Crippen MR) is 75.2 cm³/mol. The second-order valence-corrected chi connectivity index (χ2v) is 5.47. The van der Waals surface area contributed by atoms with Crippen LogP contribution in [0.25, 0.3) is 5.69 Å². The Bertz CT molecular complexity index is 604. The first-order chi connectivity index (χ1) is 8.38. The summed E-state index contributed by atoms with van der Waals surface area (Å²) in [7, 11) is 0. The number of aromatic nitrogens is 1. The summed E-state index contributed by atoms with van der Waals surface area (Å²) >= 11 is 0. The Morgan fingerprint density at radius 1 is 1.06 bits per heavy atom. The van der Waals surface area contributed by atoms with Gasteiger partial charge in [-0.05, 0) is 29.2 Å². The highest BCUT2D eigenvalue weighted by molar-refractivity contribution is 5.41. The predicted octanol–water partition coefficient (Wildman–Crippen LogP) is 2.72. The fourth-order valence-corrected chi connectivity index (χ4v) is 1.83. The minimum atomic E-state index is -0.112. The van der Waals surface area contributed by atoms with E-state index in [1.807, 2.05) is 12.1 Å². The molecule has 1 aromatic heterocycles. The molecule has 0 aliphatic rings. The van der Waals surface area contributed by atoms with Crippen LogP contribution in [-0.2, 0) is 5.41 Å². The van der Waals surface area contributed by atoms with Gasteiger partial charge in [-0.25, -0.2) is 0 Å². The molecule has 0 fully saturated rings. The molecule has 0 atom stereocenters. The summed E-state index contributed by atoms with van der Waals surface area (Å²) in [6, 6.07) is 11.2. The fraction of sp³-hybridized carbons (Fsp3) is 0.267. The second kappa shape index (κ2) is 4.33. The minimum absolute atomic E-state index is 0.112. The summed E-state index contributed by atoms with van der Waals surface area (Å²) in [5, 5.41) is 0. The average Bonchev–Trinajstić information content (AvgIpc) is 2.28. The van der Waals surface area contributed by atoms with E-state index in [4.69, 9.17) is 5.73 Å². The third-order valence-electron chi connectivity index (χ3n) is 2.96. The van der Waals surface area contributed by atoms with Crippen molar-refractivity contribution in [1.82, 2.24) is 4.57 Å². The third kappa shape index (κ3) is 2.45. The van der Waals surface area contributed by atoms with Crippen molar-refractivity contribution >= 4 is 5.69 Å². The zero-order valence-electron chi connectivity index (χ0n) is 11.0. The van der Waals surface area contributed by atoms with Gasteiger partial charge in [0.1, 0.15) is 0 Å². The van der Waals surface area contributed by atoms with E-state index < -0.39 is 0 Å². The van der Waals surface area contributed by atoms with E-state index in [0.29, 0.717) is 5.69 Å². The lowest BCUT2D eigenvalue weighted by atomic mass is 9.87. The van der Waals surface area contributed by atoms with Crippen LogP contribution in [0, 0.1) is 0 Å². The second-order valence-electron chi connectivity index (χ2n) is 5.47. The zero-order valence-corrected chi connectivity index (χ0v) is 11.0. The molecule has 2 rings (SSSR count). The van der Waals surface area contributed by atoms with Crippen LogP contribution in [0.3, 0.4) is 0 Å². The quantitative estimate of drug-likeness (QED) is 0.835. The smallest absolute Gasteiger partial charge is 0.257 e. The number of pyridine rings is 1.